The molecular formula is C29H30N6O2S. The van der Waals surface area contributed by atoms with Crippen molar-refractivity contribution in [1.29, 1.82) is 0 Å². The monoisotopic (exact) mass is 526 g/mol. The molecule has 4 aromatic rings. The summed E-state index contributed by atoms with van der Waals surface area (Å²) in [4.78, 5) is 20.3. The Balaban J connectivity index is 0.00000144. The molecule has 2 N–H and O–H groups in total. The zero-order chi connectivity index (χ0) is 26.3. The molecule has 3 heterocycles. The van der Waals surface area contributed by atoms with E-state index in [9.17, 15) is 4.79 Å². The van der Waals surface area contributed by atoms with Crippen molar-refractivity contribution in [3.05, 3.63) is 90.0 Å². The van der Waals surface area contributed by atoms with Crippen LogP contribution in [0.2, 0.25) is 0 Å². The number of carbonyl (C=O) groups is 1. The van der Waals surface area contributed by atoms with Crippen LogP contribution in [0.3, 0.4) is 0 Å². The van der Waals surface area contributed by atoms with Gasteiger partial charge in [0.1, 0.15) is 0 Å². The van der Waals surface area contributed by atoms with E-state index in [0.29, 0.717) is 17.3 Å². The minimum absolute atomic E-state index is 0.135. The number of fused-ring (bicyclic) bond motifs is 1. The third-order valence-electron chi connectivity index (χ3n) is 6.17. The van der Waals surface area contributed by atoms with E-state index in [1.165, 1.54) is 0 Å². The molecule has 1 fully saturated rings. The number of hydrogen-bond acceptors (Lipinski definition) is 8. The summed E-state index contributed by atoms with van der Waals surface area (Å²) in [6.45, 7) is 5.95. The van der Waals surface area contributed by atoms with Crippen LogP contribution in [0.1, 0.15) is 25.0 Å². The van der Waals surface area contributed by atoms with Crippen molar-refractivity contribution in [3.8, 4) is 11.5 Å². The van der Waals surface area contributed by atoms with Gasteiger partial charge in [0.15, 0.2) is 0 Å². The van der Waals surface area contributed by atoms with Crippen molar-refractivity contribution in [2.45, 2.75) is 20.0 Å². The number of carbonyl (C=O) groups excluding carboxylic acids is 1. The zero-order valence-electron chi connectivity index (χ0n) is 21.4. The standard InChI is InChI=1S/C27H24N6O2S.C2H6/c34-25-24(29-23(18-8-2-1-3-9-18)19-10-4-6-12-21(19)28-25)30-27-32-31-26(35-27)20-11-5-7-13-22(20)33-14-16-36-17-15-33;1-2/h1-13,24H,14-17H2,(H,28,34)(H,30,32);1-2H3. The molecule has 1 atom stereocenters. The van der Waals surface area contributed by atoms with Crippen LogP contribution in [0.25, 0.3) is 11.5 Å². The van der Waals surface area contributed by atoms with E-state index in [4.69, 9.17) is 9.41 Å². The summed E-state index contributed by atoms with van der Waals surface area (Å²) in [5.74, 6) is 2.27. The van der Waals surface area contributed by atoms with Crippen molar-refractivity contribution < 1.29 is 9.21 Å². The van der Waals surface area contributed by atoms with Gasteiger partial charge in [0.05, 0.1) is 17.0 Å². The van der Waals surface area contributed by atoms with Gasteiger partial charge in [-0.05, 0) is 18.2 Å². The predicted octanol–water partition coefficient (Wildman–Crippen LogP) is 5.54. The van der Waals surface area contributed by atoms with E-state index < -0.39 is 6.17 Å². The van der Waals surface area contributed by atoms with Crippen LogP contribution in [-0.2, 0) is 4.79 Å². The summed E-state index contributed by atoms with van der Waals surface area (Å²) in [5.41, 5.74) is 5.11. The first kappa shape index (κ1) is 25.5. The van der Waals surface area contributed by atoms with Gasteiger partial charge < -0.3 is 20.0 Å². The van der Waals surface area contributed by atoms with Crippen LogP contribution in [0.15, 0.2) is 88.3 Å². The second-order valence-corrected chi connectivity index (χ2v) is 9.68. The molecule has 2 aliphatic heterocycles. The fraction of sp³-hybridized carbons (Fsp3) is 0.241. The number of nitrogens with one attached hydrogen (secondary N) is 2. The number of rotatable bonds is 5. The Morgan fingerprint density at radius 1 is 0.895 bits per heavy atom. The van der Waals surface area contributed by atoms with Gasteiger partial charge >= 0.3 is 6.01 Å². The van der Waals surface area contributed by atoms with Gasteiger partial charge in [0, 0.05) is 41.4 Å². The second-order valence-electron chi connectivity index (χ2n) is 8.45. The minimum Gasteiger partial charge on any atom is -0.403 e. The SMILES string of the molecule is CC.O=C1Nc2ccccc2C(c2ccccc2)=NC1Nc1nnc(-c2ccccc2N2CCSCC2)o1. The number of aliphatic imine (C=N–C) groups is 1. The molecule has 38 heavy (non-hydrogen) atoms. The number of para-hydroxylation sites is 2. The van der Waals surface area contributed by atoms with E-state index in [1.807, 2.05) is 98.4 Å². The van der Waals surface area contributed by atoms with Crippen LogP contribution in [0, 0.1) is 0 Å². The molecule has 6 rings (SSSR count). The fourth-order valence-corrected chi connectivity index (χ4v) is 5.33. The maximum Gasteiger partial charge on any atom is 0.317 e. The molecule has 1 aromatic heterocycles. The molecule has 2 aliphatic rings. The Morgan fingerprint density at radius 3 is 2.37 bits per heavy atom. The highest BCUT2D eigenvalue weighted by atomic mass is 32.2. The number of aromatic nitrogens is 2. The van der Waals surface area contributed by atoms with Crippen molar-refractivity contribution >= 4 is 40.8 Å². The molecule has 194 valence electrons. The smallest absolute Gasteiger partial charge is 0.317 e. The molecule has 0 saturated carbocycles. The molecule has 3 aromatic carbocycles. The van der Waals surface area contributed by atoms with Crippen molar-refractivity contribution in [1.82, 2.24) is 10.2 Å². The number of hydrogen-bond donors (Lipinski definition) is 2. The van der Waals surface area contributed by atoms with Crippen molar-refractivity contribution in [2.24, 2.45) is 4.99 Å². The summed E-state index contributed by atoms with van der Waals surface area (Å²) in [6.07, 6.45) is -0.949. The maximum atomic E-state index is 13.1. The van der Waals surface area contributed by atoms with E-state index in [0.717, 1.165) is 47.0 Å². The molecule has 0 radical (unpaired) electrons. The summed E-state index contributed by atoms with van der Waals surface area (Å²) in [6, 6.07) is 25.6. The normalized spacial score (nSPS) is 16.8. The van der Waals surface area contributed by atoms with E-state index in [-0.39, 0.29) is 11.9 Å². The first-order valence-electron chi connectivity index (χ1n) is 12.8. The molecule has 1 unspecified atom stereocenters. The van der Waals surface area contributed by atoms with Gasteiger partial charge in [-0.25, -0.2) is 4.99 Å². The Kier molecular flexibility index (Phi) is 8.04. The topological polar surface area (TPSA) is 95.6 Å². The largest absolute Gasteiger partial charge is 0.403 e. The summed E-state index contributed by atoms with van der Waals surface area (Å²) in [7, 11) is 0. The van der Waals surface area contributed by atoms with Crippen molar-refractivity contribution in [2.75, 3.05) is 40.1 Å². The third kappa shape index (κ3) is 5.43. The highest BCUT2D eigenvalue weighted by Crippen LogP contribution is 2.32. The van der Waals surface area contributed by atoms with Gasteiger partial charge in [0.25, 0.3) is 11.8 Å². The summed E-state index contributed by atoms with van der Waals surface area (Å²) < 4.78 is 6.00. The first-order valence-corrected chi connectivity index (χ1v) is 14.0. The Morgan fingerprint density at radius 2 is 1.58 bits per heavy atom. The number of benzene rings is 3. The summed E-state index contributed by atoms with van der Waals surface area (Å²) in [5, 5.41) is 14.5. The van der Waals surface area contributed by atoms with Gasteiger partial charge in [-0.15, -0.1) is 5.10 Å². The lowest BCUT2D eigenvalue weighted by Crippen LogP contribution is -2.32. The van der Waals surface area contributed by atoms with E-state index in [2.05, 4.69) is 31.8 Å². The van der Waals surface area contributed by atoms with E-state index in [1.54, 1.807) is 0 Å². The van der Waals surface area contributed by atoms with Gasteiger partial charge in [-0.2, -0.15) is 11.8 Å². The van der Waals surface area contributed by atoms with Crippen LogP contribution in [0.4, 0.5) is 17.4 Å². The molecular weight excluding hydrogens is 496 g/mol. The lowest BCUT2D eigenvalue weighted by molar-refractivity contribution is -0.116. The van der Waals surface area contributed by atoms with Gasteiger partial charge in [-0.3, -0.25) is 4.79 Å². The minimum atomic E-state index is -0.949. The van der Waals surface area contributed by atoms with Gasteiger partial charge in [-0.1, -0.05) is 79.6 Å². The highest BCUT2D eigenvalue weighted by molar-refractivity contribution is 7.99. The Bertz CT molecular complexity index is 1420. The first-order chi connectivity index (χ1) is 18.8. The zero-order valence-corrected chi connectivity index (χ0v) is 22.2. The molecule has 0 bridgehead atoms. The van der Waals surface area contributed by atoms with Crippen molar-refractivity contribution in [3.63, 3.8) is 0 Å². The number of anilines is 3. The Hall–Kier alpha value is -4.11. The average molecular weight is 527 g/mol. The number of amides is 1. The number of benzodiazepines with no additional fused rings is 1. The van der Waals surface area contributed by atoms with Crippen LogP contribution in [0.5, 0.6) is 0 Å². The molecule has 1 amide bonds. The quantitative estimate of drug-likeness (QED) is 0.352. The third-order valence-corrected chi connectivity index (χ3v) is 7.11. The average Bonchev–Trinajstić information content (AvgIpc) is 3.40. The van der Waals surface area contributed by atoms with E-state index >= 15 is 0 Å². The van der Waals surface area contributed by atoms with Crippen LogP contribution < -0.4 is 15.5 Å². The molecule has 0 spiro atoms. The number of nitrogens with zero attached hydrogens (tertiary/aromatic N) is 4. The van der Waals surface area contributed by atoms with Gasteiger partial charge in [0.2, 0.25) is 6.17 Å². The number of thioether (sulfide) groups is 1. The van der Waals surface area contributed by atoms with Crippen LogP contribution >= 0.6 is 11.8 Å². The summed E-state index contributed by atoms with van der Waals surface area (Å²) >= 11 is 1.96. The molecule has 1 saturated heterocycles. The molecule has 8 nitrogen and oxygen atoms in total. The fourth-order valence-electron chi connectivity index (χ4n) is 4.42. The highest BCUT2D eigenvalue weighted by Gasteiger charge is 2.27. The maximum absolute atomic E-state index is 13.1. The lowest BCUT2D eigenvalue weighted by Gasteiger charge is -2.29. The molecule has 0 aliphatic carbocycles. The lowest BCUT2D eigenvalue weighted by atomic mass is 10.0. The molecule has 9 heteroatoms. The predicted molar refractivity (Wildman–Crippen MR) is 155 cm³/mol. The second kappa shape index (κ2) is 12.0. The Labute approximate surface area is 226 Å². The van der Waals surface area contributed by atoms with Crippen LogP contribution in [-0.4, -0.2) is 52.6 Å².